The smallest absolute Gasteiger partial charge is 0.191 e. The third-order valence-corrected chi connectivity index (χ3v) is 5.67. The molecule has 5 nitrogen and oxygen atoms in total. The van der Waals surface area contributed by atoms with Crippen molar-refractivity contribution in [3.63, 3.8) is 0 Å². The third-order valence-electron chi connectivity index (χ3n) is 3.69. The van der Waals surface area contributed by atoms with Gasteiger partial charge >= 0.3 is 0 Å². The zero-order valence-electron chi connectivity index (χ0n) is 13.5. The number of benzene rings is 1. The Morgan fingerprint density at radius 2 is 1.96 bits per heavy atom. The molecule has 0 unspecified atom stereocenters. The fourth-order valence-electron chi connectivity index (χ4n) is 2.38. The van der Waals surface area contributed by atoms with Crippen molar-refractivity contribution >= 4 is 23.1 Å². The Morgan fingerprint density at radius 3 is 2.76 bits per heavy atom. The third kappa shape index (κ3) is 3.47. The molecule has 0 radical (unpaired) electrons. The normalized spacial score (nSPS) is 10.9. The zero-order valence-corrected chi connectivity index (χ0v) is 15.2. The molecular formula is C18H15N5S2. The first-order valence-corrected chi connectivity index (χ1v) is 9.60. The van der Waals surface area contributed by atoms with Crippen LogP contribution in [0.4, 0.5) is 0 Å². The fourth-order valence-corrected chi connectivity index (χ4v) is 4.04. The molecule has 0 N–H and O–H groups in total. The van der Waals surface area contributed by atoms with Gasteiger partial charge in [-0.05, 0) is 17.7 Å². The Hall–Kier alpha value is -2.51. The van der Waals surface area contributed by atoms with E-state index in [1.807, 2.05) is 53.5 Å². The van der Waals surface area contributed by atoms with Crippen molar-refractivity contribution in [2.45, 2.75) is 10.9 Å². The molecule has 0 aliphatic rings. The summed E-state index contributed by atoms with van der Waals surface area (Å²) in [5.41, 5.74) is 3.12. The van der Waals surface area contributed by atoms with Crippen molar-refractivity contribution < 1.29 is 0 Å². The van der Waals surface area contributed by atoms with Gasteiger partial charge in [-0.1, -0.05) is 42.1 Å². The Balaban J connectivity index is 1.54. The van der Waals surface area contributed by atoms with Crippen molar-refractivity contribution in [1.82, 2.24) is 24.7 Å². The molecule has 3 heterocycles. The number of hydrogen-bond donors (Lipinski definition) is 0. The number of hydrogen-bond acceptors (Lipinski definition) is 6. The van der Waals surface area contributed by atoms with Crippen LogP contribution in [0.5, 0.6) is 0 Å². The SMILES string of the molecule is Cn1c(SCc2ccccc2)nnc1-c1csc(-c2cccnc2)n1. The maximum atomic E-state index is 4.69. The standard InChI is InChI=1S/C18H15N5S2/c1-23-16(15-12-24-17(20-15)14-8-5-9-19-10-14)21-22-18(23)25-11-13-6-3-2-4-7-13/h2-10,12H,11H2,1H3. The fraction of sp³-hybridized carbons (Fsp3) is 0.111. The maximum Gasteiger partial charge on any atom is 0.191 e. The van der Waals surface area contributed by atoms with Crippen LogP contribution in [0.3, 0.4) is 0 Å². The summed E-state index contributed by atoms with van der Waals surface area (Å²) in [6, 6.07) is 14.3. The zero-order chi connectivity index (χ0) is 17.1. The second kappa shape index (κ2) is 7.16. The Kier molecular flexibility index (Phi) is 4.58. The summed E-state index contributed by atoms with van der Waals surface area (Å²) in [4.78, 5) is 8.84. The molecule has 0 fully saturated rings. The van der Waals surface area contributed by atoms with E-state index in [9.17, 15) is 0 Å². The van der Waals surface area contributed by atoms with Gasteiger partial charge in [0, 0.05) is 36.1 Å². The summed E-state index contributed by atoms with van der Waals surface area (Å²) in [5, 5.41) is 12.5. The molecule has 4 aromatic rings. The van der Waals surface area contributed by atoms with E-state index in [0.29, 0.717) is 0 Å². The molecule has 124 valence electrons. The van der Waals surface area contributed by atoms with Crippen LogP contribution in [0.15, 0.2) is 65.4 Å². The van der Waals surface area contributed by atoms with E-state index in [4.69, 9.17) is 0 Å². The molecule has 4 rings (SSSR count). The molecule has 0 amide bonds. The average molecular weight is 365 g/mol. The molecule has 0 saturated heterocycles. The highest BCUT2D eigenvalue weighted by atomic mass is 32.2. The van der Waals surface area contributed by atoms with Gasteiger partial charge in [0.25, 0.3) is 0 Å². The molecule has 1 aromatic carbocycles. The summed E-state index contributed by atoms with van der Waals surface area (Å²) in [5.74, 6) is 1.65. The molecule has 7 heteroatoms. The van der Waals surface area contributed by atoms with Crippen LogP contribution >= 0.6 is 23.1 Å². The van der Waals surface area contributed by atoms with Crippen LogP contribution in [-0.2, 0) is 12.8 Å². The minimum absolute atomic E-state index is 0.780. The summed E-state index contributed by atoms with van der Waals surface area (Å²) in [7, 11) is 1.98. The van der Waals surface area contributed by atoms with E-state index in [2.05, 4.69) is 32.3 Å². The summed E-state index contributed by atoms with van der Waals surface area (Å²) in [6.07, 6.45) is 3.58. The van der Waals surface area contributed by atoms with E-state index in [0.717, 1.165) is 33.0 Å². The molecule has 0 atom stereocenters. The lowest BCUT2D eigenvalue weighted by Crippen LogP contribution is -1.95. The minimum Gasteiger partial charge on any atom is -0.304 e. The molecule has 0 aliphatic heterocycles. The molecular weight excluding hydrogens is 350 g/mol. The summed E-state index contributed by atoms with van der Waals surface area (Å²) < 4.78 is 2.00. The van der Waals surface area contributed by atoms with Crippen LogP contribution in [0, 0.1) is 0 Å². The topological polar surface area (TPSA) is 56.5 Å². The minimum atomic E-state index is 0.780. The van der Waals surface area contributed by atoms with Crippen molar-refractivity contribution in [3.8, 4) is 22.1 Å². The monoisotopic (exact) mass is 365 g/mol. The number of pyridine rings is 1. The van der Waals surface area contributed by atoms with E-state index in [1.54, 1.807) is 29.3 Å². The molecule has 0 aliphatic carbocycles. The van der Waals surface area contributed by atoms with Gasteiger partial charge in [0.05, 0.1) is 0 Å². The molecule has 0 saturated carbocycles. The quantitative estimate of drug-likeness (QED) is 0.494. The Bertz CT molecular complexity index is 964. The van der Waals surface area contributed by atoms with Gasteiger partial charge in [-0.2, -0.15) is 0 Å². The van der Waals surface area contributed by atoms with Crippen molar-refractivity contribution in [1.29, 1.82) is 0 Å². The van der Waals surface area contributed by atoms with Gasteiger partial charge in [-0.3, -0.25) is 4.98 Å². The second-order valence-electron chi connectivity index (χ2n) is 5.42. The lowest BCUT2D eigenvalue weighted by molar-refractivity contribution is 0.792. The molecule has 25 heavy (non-hydrogen) atoms. The first-order valence-electron chi connectivity index (χ1n) is 7.73. The largest absolute Gasteiger partial charge is 0.304 e. The average Bonchev–Trinajstić information content (AvgIpc) is 3.28. The number of thiazole rings is 1. The van der Waals surface area contributed by atoms with Crippen LogP contribution in [0.1, 0.15) is 5.56 Å². The van der Waals surface area contributed by atoms with Gasteiger partial charge in [-0.25, -0.2) is 4.98 Å². The highest BCUT2D eigenvalue weighted by molar-refractivity contribution is 7.98. The van der Waals surface area contributed by atoms with Crippen molar-refractivity contribution in [2.24, 2.45) is 7.05 Å². The van der Waals surface area contributed by atoms with Gasteiger partial charge in [0.2, 0.25) is 0 Å². The van der Waals surface area contributed by atoms with Gasteiger partial charge in [-0.15, -0.1) is 21.5 Å². The predicted molar refractivity (Wildman–Crippen MR) is 101 cm³/mol. The van der Waals surface area contributed by atoms with E-state index >= 15 is 0 Å². The van der Waals surface area contributed by atoms with E-state index in [-0.39, 0.29) is 0 Å². The van der Waals surface area contributed by atoms with E-state index < -0.39 is 0 Å². The molecule has 0 spiro atoms. The van der Waals surface area contributed by atoms with Gasteiger partial charge in [0.1, 0.15) is 10.7 Å². The van der Waals surface area contributed by atoms with Crippen LogP contribution in [0.25, 0.3) is 22.1 Å². The second-order valence-corrected chi connectivity index (χ2v) is 7.22. The predicted octanol–water partition coefficient (Wildman–Crippen LogP) is 4.29. The summed E-state index contributed by atoms with van der Waals surface area (Å²) >= 11 is 3.26. The lowest BCUT2D eigenvalue weighted by atomic mass is 10.2. The lowest BCUT2D eigenvalue weighted by Gasteiger charge is -2.02. The highest BCUT2D eigenvalue weighted by Crippen LogP contribution is 2.29. The van der Waals surface area contributed by atoms with Crippen LogP contribution in [0.2, 0.25) is 0 Å². The van der Waals surface area contributed by atoms with Crippen molar-refractivity contribution in [3.05, 3.63) is 65.8 Å². The van der Waals surface area contributed by atoms with Crippen molar-refractivity contribution in [2.75, 3.05) is 0 Å². The Morgan fingerprint density at radius 1 is 1.08 bits per heavy atom. The first-order chi connectivity index (χ1) is 12.3. The van der Waals surface area contributed by atoms with Gasteiger partial charge in [0.15, 0.2) is 11.0 Å². The Labute approximate surface area is 153 Å². The highest BCUT2D eigenvalue weighted by Gasteiger charge is 2.15. The first kappa shape index (κ1) is 16.0. The van der Waals surface area contributed by atoms with E-state index in [1.165, 1.54) is 5.56 Å². The summed E-state index contributed by atoms with van der Waals surface area (Å²) in [6.45, 7) is 0. The van der Waals surface area contributed by atoms with Gasteiger partial charge < -0.3 is 4.57 Å². The number of rotatable bonds is 5. The maximum absolute atomic E-state index is 4.69. The number of nitrogens with zero attached hydrogens (tertiary/aromatic N) is 5. The van der Waals surface area contributed by atoms with Crippen LogP contribution < -0.4 is 0 Å². The van der Waals surface area contributed by atoms with Crippen LogP contribution in [-0.4, -0.2) is 24.7 Å². The molecule has 0 bridgehead atoms. The molecule has 3 aromatic heterocycles. The number of aromatic nitrogens is 5. The number of thioether (sulfide) groups is 1.